The lowest BCUT2D eigenvalue weighted by atomic mass is 10.1. The number of hydrogen-bond acceptors (Lipinski definition) is 4. The normalized spacial score (nSPS) is 13.6. The molecule has 1 aliphatic heterocycles. The van der Waals surface area contributed by atoms with Gasteiger partial charge in [0.05, 0.1) is 23.7 Å². The van der Waals surface area contributed by atoms with Crippen molar-refractivity contribution in [1.29, 1.82) is 0 Å². The van der Waals surface area contributed by atoms with Crippen LogP contribution >= 0.6 is 0 Å². The summed E-state index contributed by atoms with van der Waals surface area (Å²) in [6, 6.07) is 10.5. The summed E-state index contributed by atoms with van der Waals surface area (Å²) in [6.07, 6.45) is 0. The number of rotatable bonds is 4. The summed E-state index contributed by atoms with van der Waals surface area (Å²) in [5.74, 6) is -1.12. The molecule has 0 aliphatic carbocycles. The first-order valence-corrected chi connectivity index (χ1v) is 8.00. The highest BCUT2D eigenvalue weighted by Crippen LogP contribution is 2.24. The summed E-state index contributed by atoms with van der Waals surface area (Å²) in [4.78, 5) is 11.0. The van der Waals surface area contributed by atoms with Crippen LogP contribution in [0.4, 0.5) is 5.69 Å². The second-order valence-corrected chi connectivity index (χ2v) is 6.60. The first-order valence-electron chi connectivity index (χ1n) is 6.51. The van der Waals surface area contributed by atoms with Gasteiger partial charge in [0.2, 0.25) is 0 Å². The SMILES string of the molecule is O=C(O)c1cccc(NS(=O)(=O)c2ccc3c(c2)COC3)c1. The molecule has 0 atom stereocenters. The van der Waals surface area contributed by atoms with E-state index in [1.54, 1.807) is 12.1 Å². The Hall–Kier alpha value is -2.38. The second-order valence-electron chi connectivity index (χ2n) is 4.91. The van der Waals surface area contributed by atoms with E-state index < -0.39 is 16.0 Å². The molecule has 0 bridgehead atoms. The van der Waals surface area contributed by atoms with Gasteiger partial charge in [0.1, 0.15) is 0 Å². The van der Waals surface area contributed by atoms with E-state index in [0.29, 0.717) is 13.2 Å². The predicted octanol–water partition coefficient (Wildman–Crippen LogP) is 2.22. The van der Waals surface area contributed by atoms with Gasteiger partial charge in [-0.1, -0.05) is 12.1 Å². The average molecular weight is 319 g/mol. The minimum atomic E-state index is -3.78. The third-order valence-electron chi connectivity index (χ3n) is 3.36. The molecule has 114 valence electrons. The zero-order valence-corrected chi connectivity index (χ0v) is 12.3. The fourth-order valence-electron chi connectivity index (χ4n) is 2.25. The van der Waals surface area contributed by atoms with Crippen LogP contribution in [0.5, 0.6) is 0 Å². The molecule has 0 fully saturated rings. The summed E-state index contributed by atoms with van der Waals surface area (Å²) in [6.45, 7) is 0.886. The van der Waals surface area contributed by atoms with Crippen LogP contribution in [0.25, 0.3) is 0 Å². The summed E-state index contributed by atoms with van der Waals surface area (Å²) in [5, 5.41) is 8.94. The lowest BCUT2D eigenvalue weighted by Crippen LogP contribution is -2.13. The number of fused-ring (bicyclic) bond motifs is 1. The number of benzene rings is 2. The van der Waals surface area contributed by atoms with Gasteiger partial charge in [-0.2, -0.15) is 0 Å². The Bertz CT molecular complexity index is 845. The van der Waals surface area contributed by atoms with E-state index >= 15 is 0 Å². The zero-order valence-electron chi connectivity index (χ0n) is 11.4. The molecule has 6 nitrogen and oxygen atoms in total. The van der Waals surface area contributed by atoms with E-state index in [-0.39, 0.29) is 16.1 Å². The fraction of sp³-hybridized carbons (Fsp3) is 0.133. The van der Waals surface area contributed by atoms with E-state index in [1.165, 1.54) is 30.3 Å². The second kappa shape index (κ2) is 5.43. The molecule has 0 radical (unpaired) electrons. The maximum atomic E-state index is 12.4. The van der Waals surface area contributed by atoms with Gasteiger partial charge in [-0.3, -0.25) is 4.72 Å². The number of hydrogen-bond donors (Lipinski definition) is 2. The van der Waals surface area contributed by atoms with Crippen LogP contribution < -0.4 is 4.72 Å². The van der Waals surface area contributed by atoms with Gasteiger partial charge in [0.15, 0.2) is 0 Å². The van der Waals surface area contributed by atoms with Crippen molar-refractivity contribution in [2.75, 3.05) is 4.72 Å². The average Bonchev–Trinajstić information content (AvgIpc) is 2.94. The van der Waals surface area contributed by atoms with Gasteiger partial charge >= 0.3 is 5.97 Å². The lowest BCUT2D eigenvalue weighted by molar-refractivity contribution is 0.0697. The van der Waals surface area contributed by atoms with E-state index in [2.05, 4.69) is 4.72 Å². The molecule has 2 aromatic rings. The standard InChI is InChI=1S/C15H13NO5S/c17-15(18)10-2-1-3-13(6-10)16-22(19,20)14-5-4-11-8-21-9-12(11)7-14/h1-7,16H,8-9H2,(H,17,18). The Balaban J connectivity index is 1.90. The molecule has 2 N–H and O–H groups in total. The van der Waals surface area contributed by atoms with Crippen LogP contribution in [0.3, 0.4) is 0 Å². The number of carboxylic acid groups (broad SMARTS) is 1. The zero-order chi connectivity index (χ0) is 15.7. The van der Waals surface area contributed by atoms with E-state index in [9.17, 15) is 13.2 Å². The highest BCUT2D eigenvalue weighted by molar-refractivity contribution is 7.92. The molecular weight excluding hydrogens is 306 g/mol. The molecule has 0 saturated heterocycles. The maximum absolute atomic E-state index is 12.4. The first-order chi connectivity index (χ1) is 10.5. The van der Waals surface area contributed by atoms with Crippen LogP contribution in [0.2, 0.25) is 0 Å². The Kier molecular flexibility index (Phi) is 3.59. The number of nitrogens with one attached hydrogen (secondary N) is 1. The number of aromatic carboxylic acids is 1. The number of sulfonamides is 1. The number of anilines is 1. The summed E-state index contributed by atoms with van der Waals surface area (Å²) >= 11 is 0. The van der Waals surface area contributed by atoms with Gasteiger partial charge in [0, 0.05) is 5.69 Å². The molecular formula is C15H13NO5S. The molecule has 0 aromatic heterocycles. The Morgan fingerprint density at radius 1 is 1.09 bits per heavy atom. The lowest BCUT2D eigenvalue weighted by Gasteiger charge is -2.09. The molecule has 22 heavy (non-hydrogen) atoms. The molecule has 2 aromatic carbocycles. The molecule has 0 saturated carbocycles. The number of carboxylic acids is 1. The van der Waals surface area contributed by atoms with Gasteiger partial charge in [-0.25, -0.2) is 13.2 Å². The van der Waals surface area contributed by atoms with Crippen molar-refractivity contribution in [3.8, 4) is 0 Å². The van der Waals surface area contributed by atoms with Crippen LogP contribution in [0, 0.1) is 0 Å². The van der Waals surface area contributed by atoms with Crippen molar-refractivity contribution in [3.05, 3.63) is 59.2 Å². The van der Waals surface area contributed by atoms with Crippen molar-refractivity contribution in [1.82, 2.24) is 0 Å². The van der Waals surface area contributed by atoms with Gasteiger partial charge in [-0.05, 0) is 41.5 Å². The van der Waals surface area contributed by atoms with Gasteiger partial charge in [0.25, 0.3) is 10.0 Å². The highest BCUT2D eigenvalue weighted by atomic mass is 32.2. The molecule has 0 unspecified atom stereocenters. The monoisotopic (exact) mass is 319 g/mol. The van der Waals surface area contributed by atoms with Crippen LogP contribution in [-0.4, -0.2) is 19.5 Å². The van der Waals surface area contributed by atoms with Crippen molar-refractivity contribution in [2.45, 2.75) is 18.1 Å². The van der Waals surface area contributed by atoms with Crippen LogP contribution in [0.15, 0.2) is 47.4 Å². The molecule has 3 rings (SSSR count). The van der Waals surface area contributed by atoms with Gasteiger partial charge < -0.3 is 9.84 Å². The number of ether oxygens (including phenoxy) is 1. The maximum Gasteiger partial charge on any atom is 0.335 e. The summed E-state index contributed by atoms with van der Waals surface area (Å²) in [7, 11) is -3.78. The third kappa shape index (κ3) is 2.81. The molecule has 0 spiro atoms. The third-order valence-corrected chi connectivity index (χ3v) is 4.74. The van der Waals surface area contributed by atoms with Crippen molar-refractivity contribution in [3.63, 3.8) is 0 Å². The van der Waals surface area contributed by atoms with Crippen LogP contribution in [-0.2, 0) is 28.0 Å². The Morgan fingerprint density at radius 3 is 2.64 bits per heavy atom. The summed E-state index contributed by atoms with van der Waals surface area (Å²) < 4.78 is 32.4. The van der Waals surface area contributed by atoms with Gasteiger partial charge in [-0.15, -0.1) is 0 Å². The first kappa shape index (κ1) is 14.6. The molecule has 0 amide bonds. The summed E-state index contributed by atoms with van der Waals surface area (Å²) in [5.41, 5.74) is 2.05. The van der Waals surface area contributed by atoms with E-state index in [1.807, 2.05) is 0 Å². The molecule has 1 aliphatic rings. The minimum Gasteiger partial charge on any atom is -0.478 e. The quantitative estimate of drug-likeness (QED) is 0.901. The van der Waals surface area contributed by atoms with Crippen molar-refractivity contribution >= 4 is 21.7 Å². The van der Waals surface area contributed by atoms with Crippen LogP contribution in [0.1, 0.15) is 21.5 Å². The topological polar surface area (TPSA) is 92.7 Å². The highest BCUT2D eigenvalue weighted by Gasteiger charge is 2.19. The predicted molar refractivity (Wildman–Crippen MR) is 79.1 cm³/mol. The molecule has 7 heteroatoms. The van der Waals surface area contributed by atoms with Crippen molar-refractivity contribution in [2.24, 2.45) is 0 Å². The smallest absolute Gasteiger partial charge is 0.335 e. The number of carbonyl (C=O) groups is 1. The van der Waals surface area contributed by atoms with Crippen molar-refractivity contribution < 1.29 is 23.1 Å². The van der Waals surface area contributed by atoms with E-state index in [4.69, 9.17) is 9.84 Å². The Labute approximate surface area is 127 Å². The largest absolute Gasteiger partial charge is 0.478 e. The Morgan fingerprint density at radius 2 is 1.86 bits per heavy atom. The van der Waals surface area contributed by atoms with E-state index in [0.717, 1.165) is 11.1 Å². The minimum absolute atomic E-state index is 0.0163. The fourth-order valence-corrected chi connectivity index (χ4v) is 3.35. The molecule has 1 heterocycles.